The van der Waals surface area contributed by atoms with E-state index in [4.69, 9.17) is 10.5 Å². The van der Waals surface area contributed by atoms with Crippen LogP contribution in [0.15, 0.2) is 60.7 Å². The standard InChI is InChI=1S/C26H37N3O6/c1-26(2,3)35-24(32)28-20(16-19-12-8-5-9-13-19)22(31)17-29(25(33)34)23(27)21(30)15-14-18-10-6-4-7-11-18/h4-13,20-23,30-31H,14-17,27H2,1-3H3,(H,28,32)(H,33,34). The van der Waals surface area contributed by atoms with Crippen LogP contribution < -0.4 is 11.1 Å². The van der Waals surface area contributed by atoms with Gasteiger partial charge in [0, 0.05) is 0 Å². The number of benzene rings is 2. The highest BCUT2D eigenvalue weighted by molar-refractivity contribution is 5.68. The Hall–Kier alpha value is -3.14. The highest BCUT2D eigenvalue weighted by Crippen LogP contribution is 2.14. The summed E-state index contributed by atoms with van der Waals surface area (Å²) >= 11 is 0. The Kier molecular flexibility index (Phi) is 10.5. The number of hydrogen-bond donors (Lipinski definition) is 5. The van der Waals surface area contributed by atoms with Crippen LogP contribution in [0.3, 0.4) is 0 Å². The van der Waals surface area contributed by atoms with Gasteiger partial charge in [0.15, 0.2) is 0 Å². The Bertz CT molecular complexity index is 920. The molecule has 2 rings (SSSR count). The quantitative estimate of drug-likeness (QED) is 0.306. The van der Waals surface area contributed by atoms with E-state index in [9.17, 15) is 24.9 Å². The molecule has 192 valence electrons. The number of aryl methyl sites for hydroxylation is 1. The van der Waals surface area contributed by atoms with E-state index in [-0.39, 0.29) is 12.8 Å². The summed E-state index contributed by atoms with van der Waals surface area (Å²) < 4.78 is 5.31. The second-order valence-corrected chi connectivity index (χ2v) is 9.53. The summed E-state index contributed by atoms with van der Waals surface area (Å²) in [4.78, 5) is 25.2. The van der Waals surface area contributed by atoms with E-state index in [1.165, 1.54) is 0 Å². The second kappa shape index (κ2) is 13.1. The lowest BCUT2D eigenvalue weighted by molar-refractivity contribution is 0.0101. The van der Waals surface area contributed by atoms with Crippen LogP contribution in [0.2, 0.25) is 0 Å². The summed E-state index contributed by atoms with van der Waals surface area (Å²) in [5.74, 6) is 0. The summed E-state index contributed by atoms with van der Waals surface area (Å²) in [7, 11) is 0. The van der Waals surface area contributed by atoms with Gasteiger partial charge >= 0.3 is 12.2 Å². The van der Waals surface area contributed by atoms with Crippen molar-refractivity contribution in [3.8, 4) is 0 Å². The Morgan fingerprint density at radius 2 is 1.51 bits per heavy atom. The van der Waals surface area contributed by atoms with E-state index in [0.29, 0.717) is 6.42 Å². The molecule has 0 aliphatic heterocycles. The Morgan fingerprint density at radius 1 is 0.971 bits per heavy atom. The first-order valence-electron chi connectivity index (χ1n) is 11.6. The number of amides is 2. The summed E-state index contributed by atoms with van der Waals surface area (Å²) in [5, 5.41) is 33.9. The van der Waals surface area contributed by atoms with Gasteiger partial charge in [0.25, 0.3) is 0 Å². The van der Waals surface area contributed by atoms with Gasteiger partial charge in [0.2, 0.25) is 0 Å². The Morgan fingerprint density at radius 3 is 2.03 bits per heavy atom. The van der Waals surface area contributed by atoms with Gasteiger partial charge < -0.3 is 31.1 Å². The Labute approximate surface area is 206 Å². The SMILES string of the molecule is CC(C)(C)OC(=O)NC(Cc1ccccc1)C(O)CN(C(=O)O)C(N)C(O)CCc1ccccc1. The first kappa shape index (κ1) is 28.1. The predicted molar refractivity (Wildman–Crippen MR) is 133 cm³/mol. The van der Waals surface area contributed by atoms with Gasteiger partial charge in [0.05, 0.1) is 24.8 Å². The topological polar surface area (TPSA) is 145 Å². The van der Waals surface area contributed by atoms with Crippen LogP contribution in [0.1, 0.15) is 38.3 Å². The average molecular weight is 488 g/mol. The van der Waals surface area contributed by atoms with Crippen molar-refractivity contribution in [2.75, 3.05) is 6.54 Å². The van der Waals surface area contributed by atoms with Gasteiger partial charge in [0.1, 0.15) is 11.8 Å². The summed E-state index contributed by atoms with van der Waals surface area (Å²) in [6.07, 6.45) is -4.84. The molecule has 0 saturated carbocycles. The maximum Gasteiger partial charge on any atom is 0.408 e. The number of nitrogens with zero attached hydrogens (tertiary/aromatic N) is 1. The molecule has 0 aliphatic carbocycles. The largest absolute Gasteiger partial charge is 0.465 e. The first-order chi connectivity index (χ1) is 16.5. The van der Waals surface area contributed by atoms with Gasteiger partial charge in [-0.05, 0) is 51.2 Å². The maximum atomic E-state index is 12.4. The number of carbonyl (C=O) groups is 2. The van der Waals surface area contributed by atoms with Crippen LogP contribution in [0.4, 0.5) is 9.59 Å². The molecule has 0 aliphatic rings. The molecule has 2 aromatic rings. The van der Waals surface area contributed by atoms with Crippen molar-refractivity contribution >= 4 is 12.2 Å². The average Bonchev–Trinajstić information content (AvgIpc) is 2.80. The molecular weight excluding hydrogens is 450 g/mol. The fraction of sp³-hybridized carbons (Fsp3) is 0.462. The van der Waals surface area contributed by atoms with Crippen molar-refractivity contribution < 1.29 is 29.6 Å². The molecule has 9 nitrogen and oxygen atoms in total. The third kappa shape index (κ3) is 9.94. The molecule has 0 radical (unpaired) electrons. The van der Waals surface area contributed by atoms with Gasteiger partial charge in [-0.2, -0.15) is 0 Å². The van der Waals surface area contributed by atoms with E-state index in [2.05, 4.69) is 5.32 Å². The molecule has 4 atom stereocenters. The third-order valence-electron chi connectivity index (χ3n) is 5.42. The van der Waals surface area contributed by atoms with E-state index in [1.54, 1.807) is 20.8 Å². The molecule has 0 fully saturated rings. The molecule has 2 amide bonds. The molecule has 0 spiro atoms. The van der Waals surface area contributed by atoms with Crippen LogP contribution in [-0.2, 0) is 17.6 Å². The molecule has 4 unspecified atom stereocenters. The zero-order chi connectivity index (χ0) is 26.0. The lowest BCUT2D eigenvalue weighted by atomic mass is 10.00. The van der Waals surface area contributed by atoms with E-state index < -0.39 is 48.7 Å². The van der Waals surface area contributed by atoms with Crippen molar-refractivity contribution in [3.05, 3.63) is 71.8 Å². The van der Waals surface area contributed by atoms with E-state index in [0.717, 1.165) is 16.0 Å². The maximum absolute atomic E-state index is 12.4. The minimum atomic E-state index is -1.38. The third-order valence-corrected chi connectivity index (χ3v) is 5.42. The van der Waals surface area contributed by atoms with Gasteiger partial charge in [-0.15, -0.1) is 0 Å². The number of hydrogen-bond acceptors (Lipinski definition) is 6. The molecule has 0 heterocycles. The van der Waals surface area contributed by atoms with Crippen molar-refractivity contribution in [1.29, 1.82) is 0 Å². The lowest BCUT2D eigenvalue weighted by Crippen LogP contribution is -2.58. The number of carboxylic acid groups (broad SMARTS) is 1. The summed E-state index contributed by atoms with van der Waals surface area (Å²) in [5.41, 5.74) is 7.16. The molecule has 0 bridgehead atoms. The van der Waals surface area contributed by atoms with Crippen LogP contribution in [-0.4, -0.2) is 69.0 Å². The minimum Gasteiger partial charge on any atom is -0.465 e. The van der Waals surface area contributed by atoms with Gasteiger partial charge in [-0.25, -0.2) is 9.59 Å². The molecule has 0 saturated heterocycles. The molecule has 35 heavy (non-hydrogen) atoms. The number of nitrogens with one attached hydrogen (secondary N) is 1. The lowest BCUT2D eigenvalue weighted by Gasteiger charge is -2.34. The summed E-state index contributed by atoms with van der Waals surface area (Å²) in [6.45, 7) is 4.75. The van der Waals surface area contributed by atoms with E-state index in [1.807, 2.05) is 60.7 Å². The normalized spacial score (nSPS) is 14.9. The number of carbonyl (C=O) groups excluding carboxylic acids is 1. The molecule has 2 aromatic carbocycles. The molecular formula is C26H37N3O6. The zero-order valence-electron chi connectivity index (χ0n) is 20.5. The van der Waals surface area contributed by atoms with Gasteiger partial charge in [-0.3, -0.25) is 4.90 Å². The van der Waals surface area contributed by atoms with Gasteiger partial charge in [-0.1, -0.05) is 60.7 Å². The zero-order valence-corrected chi connectivity index (χ0v) is 20.5. The number of nitrogens with two attached hydrogens (primary N) is 1. The highest BCUT2D eigenvalue weighted by atomic mass is 16.6. The molecule has 9 heteroatoms. The molecule has 0 aromatic heterocycles. The molecule has 6 N–H and O–H groups in total. The van der Waals surface area contributed by atoms with Crippen LogP contribution in [0.25, 0.3) is 0 Å². The summed E-state index contributed by atoms with van der Waals surface area (Å²) in [6, 6.07) is 17.8. The number of ether oxygens (including phenoxy) is 1. The van der Waals surface area contributed by atoms with Crippen molar-refractivity contribution in [2.45, 2.75) is 70.1 Å². The Balaban J connectivity index is 2.10. The first-order valence-corrected chi connectivity index (χ1v) is 11.6. The number of aliphatic hydroxyl groups is 2. The van der Waals surface area contributed by atoms with Crippen molar-refractivity contribution in [2.24, 2.45) is 5.73 Å². The highest BCUT2D eigenvalue weighted by Gasteiger charge is 2.32. The fourth-order valence-electron chi connectivity index (χ4n) is 3.60. The monoisotopic (exact) mass is 487 g/mol. The smallest absolute Gasteiger partial charge is 0.408 e. The number of alkyl carbamates (subject to hydrolysis) is 1. The minimum absolute atomic E-state index is 0.237. The van der Waals surface area contributed by atoms with Crippen LogP contribution in [0, 0.1) is 0 Å². The van der Waals surface area contributed by atoms with Crippen LogP contribution >= 0.6 is 0 Å². The fourth-order valence-corrected chi connectivity index (χ4v) is 3.60. The van der Waals surface area contributed by atoms with E-state index >= 15 is 0 Å². The predicted octanol–water partition coefficient (Wildman–Crippen LogP) is 2.74. The van der Waals surface area contributed by atoms with Crippen molar-refractivity contribution in [1.82, 2.24) is 10.2 Å². The second-order valence-electron chi connectivity index (χ2n) is 9.53. The van der Waals surface area contributed by atoms with Crippen LogP contribution in [0.5, 0.6) is 0 Å². The number of rotatable bonds is 11. The number of aliphatic hydroxyl groups excluding tert-OH is 2. The van der Waals surface area contributed by atoms with Crippen molar-refractivity contribution in [3.63, 3.8) is 0 Å².